The lowest BCUT2D eigenvalue weighted by atomic mass is 10.3. The van der Waals surface area contributed by atoms with Gasteiger partial charge in [0.05, 0.1) is 0 Å². The van der Waals surface area contributed by atoms with Crippen molar-refractivity contribution in [1.29, 1.82) is 0 Å². The van der Waals surface area contributed by atoms with Crippen LogP contribution in [0.25, 0.3) is 5.78 Å². The van der Waals surface area contributed by atoms with E-state index in [4.69, 9.17) is 0 Å². The van der Waals surface area contributed by atoms with Crippen LogP contribution in [0.15, 0.2) is 24.5 Å². The summed E-state index contributed by atoms with van der Waals surface area (Å²) in [5, 5.41) is 7.44. The van der Waals surface area contributed by atoms with Gasteiger partial charge in [-0.15, -0.1) is 0 Å². The fraction of sp³-hybridized carbons (Fsp3) is 0.364. The van der Waals surface area contributed by atoms with Gasteiger partial charge in [-0.1, -0.05) is 12.2 Å². The number of nitrogens with one attached hydrogen (secondary N) is 1. The third kappa shape index (κ3) is 2.18. The van der Waals surface area contributed by atoms with E-state index >= 15 is 0 Å². The summed E-state index contributed by atoms with van der Waals surface area (Å²) in [5.41, 5.74) is 0.939. The summed E-state index contributed by atoms with van der Waals surface area (Å²) in [6, 6.07) is 1.97. The molecule has 1 N–H and O–H groups in total. The van der Waals surface area contributed by atoms with Crippen LogP contribution in [0, 0.1) is 6.92 Å². The molecular formula is C11H15N5. The predicted molar refractivity (Wildman–Crippen MR) is 63.4 cm³/mol. The van der Waals surface area contributed by atoms with E-state index in [2.05, 4.69) is 26.5 Å². The lowest BCUT2D eigenvalue weighted by Crippen LogP contribution is -2.07. The molecule has 0 aliphatic rings. The third-order valence-electron chi connectivity index (χ3n) is 2.23. The summed E-state index contributed by atoms with van der Waals surface area (Å²) in [6.07, 6.45) is 6.68. The second kappa shape index (κ2) is 4.74. The molecule has 2 heterocycles. The van der Waals surface area contributed by atoms with Crippen LogP contribution in [0.2, 0.25) is 0 Å². The predicted octanol–water partition coefficient (Wildman–Crippen LogP) is 1.81. The first-order chi connectivity index (χ1) is 7.81. The molecular weight excluding hydrogens is 202 g/mol. The Kier molecular flexibility index (Phi) is 3.14. The lowest BCUT2D eigenvalue weighted by molar-refractivity contribution is 0.911. The van der Waals surface area contributed by atoms with E-state index in [1.165, 1.54) is 6.33 Å². The molecule has 2 aromatic heterocycles. The summed E-state index contributed by atoms with van der Waals surface area (Å²) in [4.78, 5) is 8.35. The number of fused-ring (bicyclic) bond motifs is 1. The fourth-order valence-corrected chi connectivity index (χ4v) is 1.51. The van der Waals surface area contributed by atoms with Crippen molar-refractivity contribution in [1.82, 2.24) is 19.6 Å². The van der Waals surface area contributed by atoms with E-state index in [0.29, 0.717) is 5.78 Å². The van der Waals surface area contributed by atoms with Crippen LogP contribution in [0.1, 0.15) is 19.0 Å². The molecule has 0 unspecified atom stereocenters. The molecule has 84 valence electrons. The Bertz CT molecular complexity index is 500. The Hall–Kier alpha value is -1.91. The van der Waals surface area contributed by atoms with Crippen molar-refractivity contribution in [2.24, 2.45) is 0 Å². The lowest BCUT2D eigenvalue weighted by Gasteiger charge is -2.06. The quantitative estimate of drug-likeness (QED) is 0.627. The smallest absolute Gasteiger partial charge is 0.254 e. The molecule has 0 aliphatic carbocycles. The zero-order valence-electron chi connectivity index (χ0n) is 9.51. The molecule has 16 heavy (non-hydrogen) atoms. The van der Waals surface area contributed by atoms with E-state index in [-0.39, 0.29) is 0 Å². The van der Waals surface area contributed by atoms with Gasteiger partial charge in [0.25, 0.3) is 5.78 Å². The van der Waals surface area contributed by atoms with Crippen LogP contribution < -0.4 is 5.32 Å². The first-order valence-corrected chi connectivity index (χ1v) is 5.33. The molecule has 0 saturated heterocycles. The van der Waals surface area contributed by atoms with Gasteiger partial charge in [0.2, 0.25) is 0 Å². The average Bonchev–Trinajstić information content (AvgIpc) is 2.72. The van der Waals surface area contributed by atoms with Gasteiger partial charge < -0.3 is 5.32 Å². The first-order valence-electron chi connectivity index (χ1n) is 5.33. The van der Waals surface area contributed by atoms with Crippen LogP contribution in [0.3, 0.4) is 0 Å². The number of hydrogen-bond donors (Lipinski definition) is 1. The Morgan fingerprint density at radius 3 is 3.19 bits per heavy atom. The van der Waals surface area contributed by atoms with Crippen LogP contribution in [-0.4, -0.2) is 26.1 Å². The molecule has 5 heteroatoms. The standard InChI is InChI=1S/C11H15N5/c1-3-4-5-6-12-10-7-9(2)15-11-13-8-14-16(10)11/h3-4,7-8,12H,5-6H2,1-2H3/b4-3+. The Morgan fingerprint density at radius 2 is 2.38 bits per heavy atom. The molecule has 0 aliphatic heterocycles. The number of hydrogen-bond acceptors (Lipinski definition) is 4. The maximum Gasteiger partial charge on any atom is 0.254 e. The Morgan fingerprint density at radius 1 is 1.50 bits per heavy atom. The van der Waals surface area contributed by atoms with Crippen molar-refractivity contribution in [3.8, 4) is 0 Å². The number of rotatable bonds is 4. The minimum absolute atomic E-state index is 0.633. The summed E-state index contributed by atoms with van der Waals surface area (Å²) in [6.45, 7) is 4.85. The van der Waals surface area contributed by atoms with Crippen LogP contribution >= 0.6 is 0 Å². The highest BCUT2D eigenvalue weighted by molar-refractivity contribution is 5.44. The SMILES string of the molecule is C/C=C/CCNc1cc(C)nc2ncnn12. The van der Waals surface area contributed by atoms with Gasteiger partial charge >= 0.3 is 0 Å². The second-order valence-electron chi connectivity index (χ2n) is 3.54. The maximum atomic E-state index is 4.28. The number of allylic oxidation sites excluding steroid dienone is 1. The second-order valence-corrected chi connectivity index (χ2v) is 3.54. The van der Waals surface area contributed by atoms with Crippen LogP contribution in [-0.2, 0) is 0 Å². The van der Waals surface area contributed by atoms with E-state index in [0.717, 1.165) is 24.5 Å². The molecule has 0 amide bonds. The molecule has 2 aromatic rings. The average molecular weight is 217 g/mol. The Balaban J connectivity index is 2.18. The van der Waals surface area contributed by atoms with Crippen molar-refractivity contribution < 1.29 is 0 Å². The summed E-state index contributed by atoms with van der Waals surface area (Å²) in [5.74, 6) is 1.57. The highest BCUT2D eigenvalue weighted by Gasteiger charge is 2.03. The summed E-state index contributed by atoms with van der Waals surface area (Å²) < 4.78 is 1.71. The van der Waals surface area contributed by atoms with Crippen molar-refractivity contribution in [3.05, 3.63) is 30.2 Å². The van der Waals surface area contributed by atoms with E-state index in [9.17, 15) is 0 Å². The summed E-state index contributed by atoms with van der Waals surface area (Å²) in [7, 11) is 0. The molecule has 0 fully saturated rings. The monoisotopic (exact) mass is 217 g/mol. The number of anilines is 1. The molecule has 0 radical (unpaired) electrons. The zero-order chi connectivity index (χ0) is 11.4. The van der Waals surface area contributed by atoms with Gasteiger partial charge in [0.15, 0.2) is 0 Å². The topological polar surface area (TPSA) is 55.1 Å². The highest BCUT2D eigenvalue weighted by atomic mass is 15.3. The minimum atomic E-state index is 0.633. The number of aryl methyl sites for hydroxylation is 1. The van der Waals surface area contributed by atoms with Gasteiger partial charge in [-0.3, -0.25) is 0 Å². The summed E-state index contributed by atoms with van der Waals surface area (Å²) >= 11 is 0. The van der Waals surface area contributed by atoms with E-state index in [1.807, 2.05) is 26.0 Å². The number of nitrogens with zero attached hydrogens (tertiary/aromatic N) is 4. The highest BCUT2D eigenvalue weighted by Crippen LogP contribution is 2.09. The minimum Gasteiger partial charge on any atom is -0.370 e. The van der Waals surface area contributed by atoms with Crippen molar-refractivity contribution >= 4 is 11.6 Å². The van der Waals surface area contributed by atoms with Gasteiger partial charge in [0.1, 0.15) is 12.1 Å². The van der Waals surface area contributed by atoms with Gasteiger partial charge in [-0.2, -0.15) is 14.6 Å². The van der Waals surface area contributed by atoms with Gasteiger partial charge in [-0.05, 0) is 20.3 Å². The van der Waals surface area contributed by atoms with Crippen molar-refractivity contribution in [2.45, 2.75) is 20.3 Å². The molecule has 0 atom stereocenters. The molecule has 0 spiro atoms. The molecule has 2 rings (SSSR count). The van der Waals surface area contributed by atoms with Crippen LogP contribution in [0.4, 0.5) is 5.82 Å². The van der Waals surface area contributed by atoms with Gasteiger partial charge in [-0.25, -0.2) is 4.98 Å². The fourth-order valence-electron chi connectivity index (χ4n) is 1.51. The normalized spacial score (nSPS) is 11.4. The van der Waals surface area contributed by atoms with Crippen molar-refractivity contribution in [3.63, 3.8) is 0 Å². The Labute approximate surface area is 94.2 Å². The molecule has 0 aromatic carbocycles. The number of aromatic nitrogens is 4. The van der Waals surface area contributed by atoms with Gasteiger partial charge in [0, 0.05) is 18.3 Å². The maximum absolute atomic E-state index is 4.28. The van der Waals surface area contributed by atoms with E-state index < -0.39 is 0 Å². The largest absolute Gasteiger partial charge is 0.370 e. The van der Waals surface area contributed by atoms with Crippen LogP contribution in [0.5, 0.6) is 0 Å². The van der Waals surface area contributed by atoms with E-state index in [1.54, 1.807) is 4.52 Å². The van der Waals surface area contributed by atoms with Crippen molar-refractivity contribution in [2.75, 3.05) is 11.9 Å². The molecule has 0 bridgehead atoms. The first kappa shape index (κ1) is 10.6. The third-order valence-corrected chi connectivity index (χ3v) is 2.23. The zero-order valence-corrected chi connectivity index (χ0v) is 9.51. The molecule has 0 saturated carbocycles. The molecule has 5 nitrogen and oxygen atoms in total.